The van der Waals surface area contributed by atoms with Crippen LogP contribution < -0.4 is 11.2 Å². The normalized spacial score (nSPS) is 10.1. The van der Waals surface area contributed by atoms with Crippen molar-refractivity contribution in [2.75, 3.05) is 0 Å². The van der Waals surface area contributed by atoms with Gasteiger partial charge < -0.3 is 0 Å². The second-order valence-corrected chi connectivity index (χ2v) is 2.95. The number of pyridine rings is 1. The van der Waals surface area contributed by atoms with Crippen molar-refractivity contribution in [3.63, 3.8) is 0 Å². The molecular formula is C9H8N4O2. The molecule has 0 amide bonds. The minimum atomic E-state index is -0.515. The Morgan fingerprint density at radius 2 is 2.00 bits per heavy atom. The minimum Gasteiger partial charge on any atom is -0.267 e. The Morgan fingerprint density at radius 3 is 2.67 bits per heavy atom. The zero-order valence-corrected chi connectivity index (χ0v) is 7.75. The van der Waals surface area contributed by atoms with Crippen molar-refractivity contribution >= 4 is 0 Å². The predicted octanol–water partition coefficient (Wildman–Crippen LogP) is -0.625. The molecule has 0 saturated heterocycles. The maximum atomic E-state index is 11.3. The third kappa shape index (κ3) is 1.98. The summed E-state index contributed by atoms with van der Waals surface area (Å²) in [4.78, 5) is 26.4. The Morgan fingerprint density at radius 1 is 1.27 bits per heavy atom. The highest BCUT2D eigenvalue weighted by Crippen LogP contribution is 1.95. The van der Waals surface area contributed by atoms with E-state index in [9.17, 15) is 9.59 Å². The molecule has 6 heteroatoms. The Bertz CT molecular complexity index is 530. The number of aromatic amines is 1. The molecule has 6 nitrogen and oxygen atoms in total. The Labute approximate surface area is 84.2 Å². The number of nitrogens with one attached hydrogen (secondary N) is 1. The average Bonchev–Trinajstić information content (AvgIpc) is 2.25. The van der Waals surface area contributed by atoms with Gasteiger partial charge in [0.15, 0.2) is 0 Å². The number of hydrogen-bond acceptors (Lipinski definition) is 4. The van der Waals surface area contributed by atoms with Gasteiger partial charge in [-0.05, 0) is 17.7 Å². The molecule has 0 radical (unpaired) electrons. The van der Waals surface area contributed by atoms with E-state index in [1.54, 1.807) is 24.5 Å². The molecule has 1 N–H and O–H groups in total. The topological polar surface area (TPSA) is 80.6 Å². The molecule has 2 heterocycles. The largest absolute Gasteiger partial charge is 0.345 e. The molecule has 0 aromatic carbocycles. The van der Waals surface area contributed by atoms with Gasteiger partial charge in [-0.15, -0.1) is 0 Å². The Hall–Kier alpha value is -2.24. The van der Waals surface area contributed by atoms with Crippen LogP contribution in [-0.2, 0) is 6.54 Å². The summed E-state index contributed by atoms with van der Waals surface area (Å²) in [6, 6.07) is 3.48. The van der Waals surface area contributed by atoms with Crippen molar-refractivity contribution in [1.82, 2.24) is 19.7 Å². The summed E-state index contributed by atoms with van der Waals surface area (Å²) in [5.74, 6) is 0. The first-order chi connectivity index (χ1) is 7.27. The van der Waals surface area contributed by atoms with Gasteiger partial charge in [-0.2, -0.15) is 5.10 Å². The highest BCUT2D eigenvalue weighted by molar-refractivity contribution is 5.09. The number of aromatic nitrogens is 4. The molecule has 0 aliphatic heterocycles. The van der Waals surface area contributed by atoms with Gasteiger partial charge in [0.25, 0.3) is 5.56 Å². The zero-order chi connectivity index (χ0) is 10.7. The van der Waals surface area contributed by atoms with Crippen LogP contribution in [0.4, 0.5) is 0 Å². The molecule has 0 aliphatic carbocycles. The minimum absolute atomic E-state index is 0.221. The maximum Gasteiger partial charge on any atom is 0.345 e. The molecule has 0 bridgehead atoms. The zero-order valence-electron chi connectivity index (χ0n) is 7.75. The van der Waals surface area contributed by atoms with Crippen LogP contribution in [0.5, 0.6) is 0 Å². The van der Waals surface area contributed by atoms with Crippen molar-refractivity contribution < 1.29 is 0 Å². The Balaban J connectivity index is 2.41. The molecule has 2 rings (SSSR count). The molecule has 2 aromatic rings. The second-order valence-electron chi connectivity index (χ2n) is 2.95. The van der Waals surface area contributed by atoms with Crippen LogP contribution in [0.2, 0.25) is 0 Å². The molecule has 0 atom stereocenters. The summed E-state index contributed by atoms with van der Waals surface area (Å²) in [6.45, 7) is 0.221. The molecule has 76 valence electrons. The SMILES string of the molecule is O=c1cn[nH]c(=O)n1Cc1ccncc1. The van der Waals surface area contributed by atoms with E-state index in [4.69, 9.17) is 0 Å². The summed E-state index contributed by atoms with van der Waals surface area (Å²) >= 11 is 0. The van der Waals surface area contributed by atoms with Crippen molar-refractivity contribution in [2.24, 2.45) is 0 Å². The van der Waals surface area contributed by atoms with Crippen molar-refractivity contribution in [3.8, 4) is 0 Å². The third-order valence-electron chi connectivity index (χ3n) is 1.94. The standard InChI is InChI=1S/C9H8N4O2/c14-8-5-11-12-9(15)13(8)6-7-1-3-10-4-2-7/h1-5H,6H2,(H,12,15). The van der Waals surface area contributed by atoms with E-state index in [0.717, 1.165) is 16.3 Å². The lowest BCUT2D eigenvalue weighted by molar-refractivity contribution is 0.666. The van der Waals surface area contributed by atoms with Gasteiger partial charge in [-0.3, -0.25) is 14.3 Å². The van der Waals surface area contributed by atoms with Gasteiger partial charge in [0, 0.05) is 12.4 Å². The van der Waals surface area contributed by atoms with E-state index in [0.29, 0.717) is 0 Å². The first-order valence-corrected chi connectivity index (χ1v) is 4.31. The van der Waals surface area contributed by atoms with E-state index in [1.165, 1.54) is 0 Å². The number of hydrogen-bond donors (Lipinski definition) is 1. The summed E-state index contributed by atoms with van der Waals surface area (Å²) in [7, 11) is 0. The average molecular weight is 204 g/mol. The molecule has 0 aliphatic rings. The van der Waals surface area contributed by atoms with Crippen LogP contribution in [0.25, 0.3) is 0 Å². The van der Waals surface area contributed by atoms with Crippen LogP contribution in [-0.4, -0.2) is 19.7 Å². The smallest absolute Gasteiger partial charge is 0.267 e. The molecule has 0 fully saturated rings. The molecule has 0 saturated carbocycles. The lowest BCUT2D eigenvalue weighted by Gasteiger charge is -2.02. The van der Waals surface area contributed by atoms with Gasteiger partial charge in [0.1, 0.15) is 6.20 Å². The molecule has 0 spiro atoms. The van der Waals surface area contributed by atoms with E-state index in [2.05, 4.69) is 15.2 Å². The molecular weight excluding hydrogens is 196 g/mol. The fourth-order valence-electron chi connectivity index (χ4n) is 1.19. The monoisotopic (exact) mass is 204 g/mol. The molecule has 0 unspecified atom stereocenters. The first-order valence-electron chi connectivity index (χ1n) is 4.31. The van der Waals surface area contributed by atoms with Gasteiger partial charge in [0.2, 0.25) is 0 Å². The quantitative estimate of drug-likeness (QED) is 0.706. The van der Waals surface area contributed by atoms with Crippen LogP contribution in [0.15, 0.2) is 40.3 Å². The van der Waals surface area contributed by atoms with Crippen molar-refractivity contribution in [2.45, 2.75) is 6.54 Å². The predicted molar refractivity (Wildman–Crippen MR) is 52.5 cm³/mol. The van der Waals surface area contributed by atoms with Crippen LogP contribution in [0.3, 0.4) is 0 Å². The van der Waals surface area contributed by atoms with E-state index in [-0.39, 0.29) is 6.54 Å². The number of rotatable bonds is 2. The van der Waals surface area contributed by atoms with Crippen LogP contribution >= 0.6 is 0 Å². The fraction of sp³-hybridized carbons (Fsp3) is 0.111. The summed E-state index contributed by atoms with van der Waals surface area (Å²) < 4.78 is 1.07. The van der Waals surface area contributed by atoms with Gasteiger partial charge in [0.05, 0.1) is 6.54 Å². The number of H-pyrrole nitrogens is 1. The third-order valence-corrected chi connectivity index (χ3v) is 1.94. The highest BCUT2D eigenvalue weighted by Gasteiger charge is 2.01. The van der Waals surface area contributed by atoms with Gasteiger partial charge in [-0.1, -0.05) is 0 Å². The Kier molecular flexibility index (Phi) is 2.40. The van der Waals surface area contributed by atoms with E-state index in [1.807, 2.05) is 0 Å². The van der Waals surface area contributed by atoms with E-state index >= 15 is 0 Å². The van der Waals surface area contributed by atoms with Crippen LogP contribution in [0.1, 0.15) is 5.56 Å². The summed E-state index contributed by atoms with van der Waals surface area (Å²) in [6.07, 6.45) is 4.29. The maximum absolute atomic E-state index is 11.3. The second kappa shape index (κ2) is 3.87. The summed E-state index contributed by atoms with van der Waals surface area (Å²) in [5, 5.41) is 5.61. The van der Waals surface area contributed by atoms with E-state index < -0.39 is 11.2 Å². The van der Waals surface area contributed by atoms with Crippen LogP contribution in [0, 0.1) is 0 Å². The summed E-state index contributed by atoms with van der Waals surface area (Å²) in [5.41, 5.74) is -0.0984. The lowest BCUT2D eigenvalue weighted by Crippen LogP contribution is -2.35. The first kappa shape index (κ1) is 9.32. The van der Waals surface area contributed by atoms with Gasteiger partial charge >= 0.3 is 5.69 Å². The lowest BCUT2D eigenvalue weighted by atomic mass is 10.3. The van der Waals surface area contributed by atoms with Crippen molar-refractivity contribution in [3.05, 3.63) is 57.1 Å². The number of nitrogens with zero attached hydrogens (tertiary/aromatic N) is 3. The molecule has 15 heavy (non-hydrogen) atoms. The molecule has 2 aromatic heterocycles. The van der Waals surface area contributed by atoms with Crippen molar-refractivity contribution in [1.29, 1.82) is 0 Å². The fourth-order valence-corrected chi connectivity index (χ4v) is 1.19. The highest BCUT2D eigenvalue weighted by atomic mass is 16.2. The van der Waals surface area contributed by atoms with Gasteiger partial charge in [-0.25, -0.2) is 9.89 Å².